The molecule has 0 saturated carbocycles. The molecule has 102 valence electrons. The van der Waals surface area contributed by atoms with Crippen LogP contribution in [0.4, 0.5) is 0 Å². The van der Waals surface area contributed by atoms with E-state index in [0.29, 0.717) is 5.41 Å². The Hall–Kier alpha value is -0.860. The molecular formula is C16H28N2. The van der Waals surface area contributed by atoms with Gasteiger partial charge in [-0.2, -0.15) is 0 Å². The van der Waals surface area contributed by atoms with E-state index in [1.54, 1.807) is 0 Å². The second-order valence-corrected chi connectivity index (χ2v) is 6.72. The van der Waals surface area contributed by atoms with Gasteiger partial charge in [-0.25, -0.2) is 0 Å². The molecule has 0 aliphatic heterocycles. The van der Waals surface area contributed by atoms with E-state index >= 15 is 0 Å². The van der Waals surface area contributed by atoms with Gasteiger partial charge in [0.2, 0.25) is 0 Å². The van der Waals surface area contributed by atoms with Crippen LogP contribution in [0.1, 0.15) is 43.5 Å². The standard InChI is InChI=1S/C16H28N2/c1-12-7-8-14(13(2)9-12)15(17)10-18(6)11-16(3,4)5/h7-9,15H,10-11,17H2,1-6H3. The third kappa shape index (κ3) is 4.79. The number of benzene rings is 1. The molecule has 0 aliphatic carbocycles. The second kappa shape index (κ2) is 5.85. The molecule has 1 aromatic rings. The summed E-state index contributed by atoms with van der Waals surface area (Å²) >= 11 is 0. The normalized spacial score (nSPS) is 14.0. The molecule has 1 unspecified atom stereocenters. The van der Waals surface area contributed by atoms with E-state index in [-0.39, 0.29) is 6.04 Å². The van der Waals surface area contributed by atoms with Crippen LogP contribution in [0.2, 0.25) is 0 Å². The summed E-state index contributed by atoms with van der Waals surface area (Å²) in [6.07, 6.45) is 0. The lowest BCUT2D eigenvalue weighted by Gasteiger charge is -2.29. The average molecular weight is 248 g/mol. The highest BCUT2D eigenvalue weighted by Crippen LogP contribution is 2.20. The Morgan fingerprint density at radius 3 is 2.33 bits per heavy atom. The fourth-order valence-electron chi connectivity index (χ4n) is 2.55. The summed E-state index contributed by atoms with van der Waals surface area (Å²) in [6.45, 7) is 13.0. The number of hydrogen-bond donors (Lipinski definition) is 1. The van der Waals surface area contributed by atoms with Gasteiger partial charge >= 0.3 is 0 Å². The van der Waals surface area contributed by atoms with Crippen LogP contribution in [0.5, 0.6) is 0 Å². The highest BCUT2D eigenvalue weighted by atomic mass is 15.1. The molecule has 1 rings (SSSR count). The lowest BCUT2D eigenvalue weighted by Crippen LogP contribution is -2.35. The minimum Gasteiger partial charge on any atom is -0.323 e. The molecule has 1 atom stereocenters. The molecule has 0 heterocycles. The Balaban J connectivity index is 2.67. The van der Waals surface area contributed by atoms with E-state index < -0.39 is 0 Å². The number of nitrogens with zero attached hydrogens (tertiary/aromatic N) is 1. The van der Waals surface area contributed by atoms with Gasteiger partial charge in [0.15, 0.2) is 0 Å². The van der Waals surface area contributed by atoms with Gasteiger partial charge in [-0.15, -0.1) is 0 Å². The SMILES string of the molecule is Cc1ccc(C(N)CN(C)CC(C)(C)C)c(C)c1. The molecule has 0 fully saturated rings. The molecule has 0 radical (unpaired) electrons. The van der Waals surface area contributed by atoms with Crippen LogP contribution in [0, 0.1) is 19.3 Å². The molecule has 2 heteroatoms. The summed E-state index contributed by atoms with van der Waals surface area (Å²) in [5.41, 5.74) is 10.5. The third-order valence-electron chi connectivity index (χ3n) is 3.08. The molecule has 0 saturated heterocycles. The van der Waals surface area contributed by atoms with E-state index in [1.165, 1.54) is 16.7 Å². The van der Waals surface area contributed by atoms with E-state index in [0.717, 1.165) is 13.1 Å². The molecular weight excluding hydrogens is 220 g/mol. The minimum atomic E-state index is 0.0953. The molecule has 2 N–H and O–H groups in total. The van der Waals surface area contributed by atoms with Crippen molar-refractivity contribution in [3.63, 3.8) is 0 Å². The second-order valence-electron chi connectivity index (χ2n) is 6.72. The van der Waals surface area contributed by atoms with Gasteiger partial charge in [0.05, 0.1) is 0 Å². The van der Waals surface area contributed by atoms with E-state index in [1.807, 2.05) is 0 Å². The first kappa shape index (κ1) is 15.2. The number of aryl methyl sites for hydroxylation is 2. The smallest absolute Gasteiger partial charge is 0.0426 e. The summed E-state index contributed by atoms with van der Waals surface area (Å²) in [5, 5.41) is 0. The number of likely N-dealkylation sites (N-methyl/N-ethyl adjacent to an activating group) is 1. The molecule has 18 heavy (non-hydrogen) atoms. The first-order valence-electron chi connectivity index (χ1n) is 6.70. The molecule has 0 aliphatic rings. The number of hydrogen-bond acceptors (Lipinski definition) is 2. The van der Waals surface area contributed by atoms with Gasteiger partial charge < -0.3 is 10.6 Å². The summed E-state index contributed by atoms with van der Waals surface area (Å²) in [6, 6.07) is 6.61. The van der Waals surface area contributed by atoms with Crippen molar-refractivity contribution in [3.05, 3.63) is 34.9 Å². The highest BCUT2D eigenvalue weighted by Gasteiger charge is 2.17. The van der Waals surface area contributed by atoms with Crippen LogP contribution in [0.15, 0.2) is 18.2 Å². The van der Waals surface area contributed by atoms with Crippen LogP contribution in [-0.2, 0) is 0 Å². The third-order valence-corrected chi connectivity index (χ3v) is 3.08. The lowest BCUT2D eigenvalue weighted by atomic mass is 9.95. The number of rotatable bonds is 4. The Bertz CT molecular complexity index is 391. The first-order chi connectivity index (χ1) is 8.19. The monoisotopic (exact) mass is 248 g/mol. The Kier molecular flexibility index (Phi) is 4.94. The highest BCUT2D eigenvalue weighted by molar-refractivity contribution is 5.32. The van der Waals surface area contributed by atoms with E-state index in [9.17, 15) is 0 Å². The average Bonchev–Trinajstić information content (AvgIpc) is 2.13. The summed E-state index contributed by atoms with van der Waals surface area (Å²) in [7, 11) is 2.15. The van der Waals surface area contributed by atoms with Crippen LogP contribution >= 0.6 is 0 Å². The van der Waals surface area contributed by atoms with Crippen LogP contribution in [0.3, 0.4) is 0 Å². The van der Waals surface area contributed by atoms with Crippen molar-refractivity contribution in [1.29, 1.82) is 0 Å². The van der Waals surface area contributed by atoms with Gasteiger partial charge in [-0.05, 0) is 37.4 Å². The van der Waals surface area contributed by atoms with Gasteiger partial charge in [0, 0.05) is 19.1 Å². The quantitative estimate of drug-likeness (QED) is 0.886. The summed E-state index contributed by atoms with van der Waals surface area (Å²) in [5.74, 6) is 0. The predicted molar refractivity (Wildman–Crippen MR) is 79.8 cm³/mol. The fourth-order valence-corrected chi connectivity index (χ4v) is 2.55. The lowest BCUT2D eigenvalue weighted by molar-refractivity contribution is 0.217. The molecule has 0 spiro atoms. The largest absolute Gasteiger partial charge is 0.323 e. The van der Waals surface area contributed by atoms with Gasteiger partial charge in [-0.3, -0.25) is 0 Å². The Labute approximate surface area is 112 Å². The summed E-state index contributed by atoms with van der Waals surface area (Å²) < 4.78 is 0. The van der Waals surface area contributed by atoms with Crippen molar-refractivity contribution in [2.45, 2.75) is 40.7 Å². The predicted octanol–water partition coefficient (Wildman–Crippen LogP) is 3.28. The van der Waals surface area contributed by atoms with Crippen LogP contribution in [-0.4, -0.2) is 25.0 Å². The topological polar surface area (TPSA) is 29.3 Å². The molecule has 0 aromatic heterocycles. The summed E-state index contributed by atoms with van der Waals surface area (Å²) in [4.78, 5) is 2.32. The van der Waals surface area contributed by atoms with Gasteiger partial charge in [0.25, 0.3) is 0 Å². The zero-order chi connectivity index (χ0) is 13.9. The van der Waals surface area contributed by atoms with Crippen molar-refractivity contribution >= 4 is 0 Å². The van der Waals surface area contributed by atoms with Crippen molar-refractivity contribution in [1.82, 2.24) is 4.90 Å². The maximum atomic E-state index is 6.32. The van der Waals surface area contributed by atoms with Crippen molar-refractivity contribution in [2.24, 2.45) is 11.1 Å². The first-order valence-corrected chi connectivity index (χ1v) is 6.70. The van der Waals surface area contributed by atoms with E-state index in [4.69, 9.17) is 5.73 Å². The zero-order valence-electron chi connectivity index (χ0n) is 12.7. The molecule has 1 aromatic carbocycles. The van der Waals surface area contributed by atoms with E-state index in [2.05, 4.69) is 64.8 Å². The minimum absolute atomic E-state index is 0.0953. The fraction of sp³-hybridized carbons (Fsp3) is 0.625. The Morgan fingerprint density at radius 1 is 1.22 bits per heavy atom. The van der Waals surface area contributed by atoms with Crippen LogP contribution in [0.25, 0.3) is 0 Å². The van der Waals surface area contributed by atoms with Crippen LogP contribution < -0.4 is 5.73 Å². The van der Waals surface area contributed by atoms with Gasteiger partial charge in [-0.1, -0.05) is 44.5 Å². The molecule has 0 bridgehead atoms. The maximum absolute atomic E-state index is 6.32. The Morgan fingerprint density at radius 2 is 1.83 bits per heavy atom. The molecule has 2 nitrogen and oxygen atoms in total. The van der Waals surface area contributed by atoms with Crippen molar-refractivity contribution in [2.75, 3.05) is 20.1 Å². The van der Waals surface area contributed by atoms with Gasteiger partial charge in [0.1, 0.15) is 0 Å². The number of nitrogens with two attached hydrogens (primary N) is 1. The van der Waals surface area contributed by atoms with Crippen molar-refractivity contribution < 1.29 is 0 Å². The zero-order valence-corrected chi connectivity index (χ0v) is 12.7. The van der Waals surface area contributed by atoms with Crippen molar-refractivity contribution in [3.8, 4) is 0 Å². The molecule has 0 amide bonds. The maximum Gasteiger partial charge on any atom is 0.0426 e.